The zero-order valence-electron chi connectivity index (χ0n) is 10.3. The summed E-state index contributed by atoms with van der Waals surface area (Å²) in [6, 6.07) is 0.749. The largest absolute Gasteiger partial charge is 0.316 e. The fraction of sp³-hybridized carbons (Fsp3) is 1.00. The van der Waals surface area contributed by atoms with Crippen molar-refractivity contribution in [3.63, 3.8) is 0 Å². The van der Waals surface area contributed by atoms with Gasteiger partial charge in [0.05, 0.1) is 0 Å². The van der Waals surface area contributed by atoms with Gasteiger partial charge in [-0.2, -0.15) is 0 Å². The number of likely N-dealkylation sites (tertiary alicyclic amines) is 1. The molecule has 0 aromatic carbocycles. The van der Waals surface area contributed by atoms with E-state index in [-0.39, 0.29) is 0 Å². The van der Waals surface area contributed by atoms with Crippen molar-refractivity contribution in [2.24, 2.45) is 11.8 Å². The van der Waals surface area contributed by atoms with Crippen LogP contribution in [-0.2, 0) is 0 Å². The summed E-state index contributed by atoms with van der Waals surface area (Å²) in [6.45, 7) is 9.85. The molecule has 0 spiro atoms. The van der Waals surface area contributed by atoms with Crippen LogP contribution in [0.25, 0.3) is 0 Å². The summed E-state index contributed by atoms with van der Waals surface area (Å²) < 4.78 is 0. The fourth-order valence-corrected chi connectivity index (χ4v) is 3.09. The topological polar surface area (TPSA) is 15.3 Å². The Balaban J connectivity index is 1.68. The van der Waals surface area contributed by atoms with E-state index < -0.39 is 0 Å². The second kappa shape index (κ2) is 5.31. The molecule has 2 saturated heterocycles. The molecular formula is C13H26N2. The molecule has 2 heteroatoms. The molecule has 1 N–H and O–H groups in total. The molecule has 2 fully saturated rings. The second-order valence-corrected chi connectivity index (χ2v) is 5.67. The van der Waals surface area contributed by atoms with Crippen LogP contribution < -0.4 is 5.32 Å². The van der Waals surface area contributed by atoms with Gasteiger partial charge in [-0.25, -0.2) is 0 Å². The Kier molecular flexibility index (Phi) is 4.04. The average molecular weight is 210 g/mol. The molecule has 2 heterocycles. The normalized spacial score (nSPS) is 30.2. The van der Waals surface area contributed by atoms with Gasteiger partial charge in [-0.05, 0) is 77.5 Å². The summed E-state index contributed by atoms with van der Waals surface area (Å²) in [5.74, 6) is 2.01. The molecule has 0 aromatic heterocycles. The molecule has 15 heavy (non-hydrogen) atoms. The molecule has 1 atom stereocenters. The van der Waals surface area contributed by atoms with E-state index in [1.807, 2.05) is 0 Å². The van der Waals surface area contributed by atoms with Gasteiger partial charge in [0, 0.05) is 6.04 Å². The highest BCUT2D eigenvalue weighted by Crippen LogP contribution is 2.27. The van der Waals surface area contributed by atoms with Gasteiger partial charge < -0.3 is 10.2 Å². The molecule has 2 rings (SSSR count). The molecule has 0 aliphatic carbocycles. The minimum absolute atomic E-state index is 0.749. The van der Waals surface area contributed by atoms with E-state index >= 15 is 0 Å². The van der Waals surface area contributed by atoms with Crippen LogP contribution >= 0.6 is 0 Å². The molecule has 0 radical (unpaired) electrons. The molecule has 1 unspecified atom stereocenters. The summed E-state index contributed by atoms with van der Waals surface area (Å²) in [4.78, 5) is 2.63. The summed E-state index contributed by atoms with van der Waals surface area (Å²) in [5, 5.41) is 3.48. The molecule has 2 nitrogen and oxygen atoms in total. The molecule has 2 aliphatic rings. The third-order valence-electron chi connectivity index (χ3n) is 4.21. The van der Waals surface area contributed by atoms with E-state index in [1.54, 1.807) is 0 Å². The zero-order chi connectivity index (χ0) is 10.7. The monoisotopic (exact) mass is 210 g/mol. The molecule has 0 bridgehead atoms. The average Bonchev–Trinajstić information content (AvgIpc) is 2.71. The fourth-order valence-electron chi connectivity index (χ4n) is 3.09. The number of hydrogen-bond donors (Lipinski definition) is 1. The lowest BCUT2D eigenvalue weighted by atomic mass is 9.86. The van der Waals surface area contributed by atoms with E-state index in [0.29, 0.717) is 0 Å². The van der Waals surface area contributed by atoms with Crippen molar-refractivity contribution in [2.45, 2.75) is 45.6 Å². The Labute approximate surface area is 94.4 Å². The van der Waals surface area contributed by atoms with Crippen LogP contribution in [0.2, 0.25) is 0 Å². The highest BCUT2D eigenvalue weighted by Gasteiger charge is 2.24. The summed E-state index contributed by atoms with van der Waals surface area (Å²) >= 11 is 0. The Morgan fingerprint density at radius 1 is 1.13 bits per heavy atom. The van der Waals surface area contributed by atoms with Crippen LogP contribution in [0.15, 0.2) is 0 Å². The standard InChI is InChI=1S/C13H26N2/c1-11(2)15-7-4-12(5-8-15)9-13-3-6-14-10-13/h11-14H,3-10H2,1-2H3. The highest BCUT2D eigenvalue weighted by atomic mass is 15.1. The molecule has 0 amide bonds. The third-order valence-corrected chi connectivity index (χ3v) is 4.21. The Bertz CT molecular complexity index is 177. The van der Waals surface area contributed by atoms with Gasteiger partial charge in [0.1, 0.15) is 0 Å². The van der Waals surface area contributed by atoms with Gasteiger partial charge in [-0.15, -0.1) is 0 Å². The zero-order valence-corrected chi connectivity index (χ0v) is 10.3. The Hall–Kier alpha value is -0.0800. The van der Waals surface area contributed by atoms with Gasteiger partial charge in [0.25, 0.3) is 0 Å². The van der Waals surface area contributed by atoms with Crippen molar-refractivity contribution in [2.75, 3.05) is 26.2 Å². The van der Waals surface area contributed by atoms with Crippen LogP contribution in [0.3, 0.4) is 0 Å². The molecule has 0 saturated carbocycles. The number of nitrogens with one attached hydrogen (secondary N) is 1. The molecular weight excluding hydrogens is 184 g/mol. The van der Waals surface area contributed by atoms with E-state index in [9.17, 15) is 0 Å². The molecule has 0 aromatic rings. The lowest BCUT2D eigenvalue weighted by Crippen LogP contribution is -2.38. The first-order chi connectivity index (χ1) is 7.25. The van der Waals surface area contributed by atoms with Crippen LogP contribution in [0, 0.1) is 11.8 Å². The van der Waals surface area contributed by atoms with Gasteiger partial charge in [0.15, 0.2) is 0 Å². The molecule has 88 valence electrons. The highest BCUT2D eigenvalue weighted by molar-refractivity contribution is 4.79. The van der Waals surface area contributed by atoms with Crippen molar-refractivity contribution < 1.29 is 0 Å². The summed E-state index contributed by atoms with van der Waals surface area (Å²) in [5.41, 5.74) is 0. The van der Waals surface area contributed by atoms with Gasteiger partial charge in [0.2, 0.25) is 0 Å². The van der Waals surface area contributed by atoms with Crippen molar-refractivity contribution in [3.8, 4) is 0 Å². The van der Waals surface area contributed by atoms with Crippen LogP contribution in [0.4, 0.5) is 0 Å². The lowest BCUT2D eigenvalue weighted by Gasteiger charge is -2.35. The number of hydrogen-bond acceptors (Lipinski definition) is 2. The van der Waals surface area contributed by atoms with Crippen LogP contribution in [0.5, 0.6) is 0 Å². The van der Waals surface area contributed by atoms with E-state index in [4.69, 9.17) is 0 Å². The van der Waals surface area contributed by atoms with Gasteiger partial charge >= 0.3 is 0 Å². The summed E-state index contributed by atoms with van der Waals surface area (Å²) in [6.07, 6.45) is 5.78. The van der Waals surface area contributed by atoms with Crippen molar-refractivity contribution >= 4 is 0 Å². The lowest BCUT2D eigenvalue weighted by molar-refractivity contribution is 0.138. The van der Waals surface area contributed by atoms with Crippen LogP contribution in [0.1, 0.15) is 39.5 Å². The van der Waals surface area contributed by atoms with E-state index in [1.165, 1.54) is 51.9 Å². The predicted octanol–water partition coefficient (Wildman–Crippen LogP) is 2.11. The maximum Gasteiger partial charge on any atom is 0.00385 e. The number of nitrogens with zero attached hydrogens (tertiary/aromatic N) is 1. The van der Waals surface area contributed by atoms with Crippen LogP contribution in [-0.4, -0.2) is 37.1 Å². The van der Waals surface area contributed by atoms with Crippen molar-refractivity contribution in [3.05, 3.63) is 0 Å². The van der Waals surface area contributed by atoms with Gasteiger partial charge in [-0.3, -0.25) is 0 Å². The predicted molar refractivity (Wildman–Crippen MR) is 65.0 cm³/mol. The Morgan fingerprint density at radius 2 is 1.87 bits per heavy atom. The molecule has 2 aliphatic heterocycles. The first-order valence-corrected chi connectivity index (χ1v) is 6.70. The quantitative estimate of drug-likeness (QED) is 0.767. The first-order valence-electron chi connectivity index (χ1n) is 6.70. The third kappa shape index (κ3) is 3.18. The maximum absolute atomic E-state index is 3.48. The SMILES string of the molecule is CC(C)N1CCC(CC2CCNC2)CC1. The first kappa shape index (κ1) is 11.4. The number of piperidine rings is 1. The number of rotatable bonds is 3. The van der Waals surface area contributed by atoms with Crippen molar-refractivity contribution in [1.82, 2.24) is 10.2 Å². The minimum Gasteiger partial charge on any atom is -0.316 e. The maximum atomic E-state index is 3.48. The van der Waals surface area contributed by atoms with Gasteiger partial charge in [-0.1, -0.05) is 0 Å². The Morgan fingerprint density at radius 3 is 2.40 bits per heavy atom. The minimum atomic E-state index is 0.749. The van der Waals surface area contributed by atoms with Crippen molar-refractivity contribution in [1.29, 1.82) is 0 Å². The van der Waals surface area contributed by atoms with E-state index in [0.717, 1.165) is 17.9 Å². The second-order valence-electron chi connectivity index (χ2n) is 5.67. The smallest absolute Gasteiger partial charge is 0.00385 e. The van der Waals surface area contributed by atoms with E-state index in [2.05, 4.69) is 24.1 Å². The summed E-state index contributed by atoms with van der Waals surface area (Å²) in [7, 11) is 0.